The van der Waals surface area contributed by atoms with Crippen molar-refractivity contribution in [3.8, 4) is 0 Å². The lowest BCUT2D eigenvalue weighted by atomic mass is 9.96. The van der Waals surface area contributed by atoms with Gasteiger partial charge in [0.05, 0.1) is 35.2 Å². The smallest absolute Gasteiger partial charge is 0.227 e. The first kappa shape index (κ1) is 66.2. The second-order valence-electron chi connectivity index (χ2n) is 15.9. The summed E-state index contributed by atoms with van der Waals surface area (Å²) in [5.41, 5.74) is 0.00819. The molecule has 7 heterocycles. The third-order valence-corrected chi connectivity index (χ3v) is 7.98. The predicted octanol–water partition coefficient (Wildman–Crippen LogP) is 3.74. The molecule has 0 radical (unpaired) electrons. The molecule has 0 aromatic carbocycles. The molecule has 48 heteroatoms. The van der Waals surface area contributed by atoms with Gasteiger partial charge in [-0.3, -0.25) is 0 Å². The van der Waals surface area contributed by atoms with Gasteiger partial charge in [0.1, 0.15) is 0 Å². The van der Waals surface area contributed by atoms with Crippen LogP contribution in [-0.2, 0) is 84.9 Å². The summed E-state index contributed by atoms with van der Waals surface area (Å²) in [4.78, 5) is 4.60. The Morgan fingerprint density at radius 1 is 0.359 bits per heavy atom. The highest BCUT2D eigenvalue weighted by atomic mass is 19.4. The molecule has 438 valence electrons. The lowest BCUT2D eigenvalue weighted by Crippen LogP contribution is -2.50. The molecule has 1 aliphatic carbocycles. The van der Waals surface area contributed by atoms with E-state index in [0.29, 0.717) is 20.2 Å². The number of aryl methyl sites for hydroxylation is 7. The zero-order valence-corrected chi connectivity index (χ0v) is 41.1. The van der Waals surface area contributed by atoms with Gasteiger partial charge >= 0.3 is 48.4 Å². The summed E-state index contributed by atoms with van der Waals surface area (Å²) in [6.07, 6.45) is -18.6. The van der Waals surface area contributed by atoms with Crippen molar-refractivity contribution in [2.75, 3.05) is 0 Å². The number of nitrogens with zero attached hydrogens (tertiary/aromatic N) is 28. The number of aromatic nitrogens is 28. The fraction of sp³-hybridized carbons (Fsp3) is 0.767. The number of hydrogen-bond acceptors (Lipinski definition) is 21. The van der Waals surface area contributed by atoms with E-state index in [1.807, 2.05) is 0 Å². The van der Waals surface area contributed by atoms with Crippen LogP contribution in [0.5, 0.6) is 0 Å². The first-order valence-corrected chi connectivity index (χ1v) is 20.1. The summed E-state index contributed by atoms with van der Waals surface area (Å²) in [5.74, 6) is -23.9. The molecule has 0 N–H and O–H groups in total. The maximum atomic E-state index is 12.8. The van der Waals surface area contributed by atoms with Crippen molar-refractivity contribution in [1.82, 2.24) is 141 Å². The lowest BCUT2D eigenvalue weighted by Gasteiger charge is -2.25. The number of hydrogen-bond donors (Lipinski definition) is 0. The summed E-state index contributed by atoms with van der Waals surface area (Å²) < 4.78 is 242. The van der Waals surface area contributed by atoms with Crippen molar-refractivity contribution in [2.24, 2.45) is 49.3 Å². The van der Waals surface area contributed by atoms with E-state index in [2.05, 4.69) is 129 Å². The van der Waals surface area contributed by atoms with Gasteiger partial charge in [0.25, 0.3) is 23.3 Å². The minimum atomic E-state index is -6.41. The molecule has 1 saturated carbocycles. The van der Waals surface area contributed by atoms with Crippen LogP contribution >= 0.6 is 0 Å². The zero-order valence-electron chi connectivity index (χ0n) is 41.1. The van der Waals surface area contributed by atoms with Crippen molar-refractivity contribution in [2.45, 2.75) is 100 Å². The molecule has 0 atom stereocenters. The quantitative estimate of drug-likeness (QED) is 0.222. The fourth-order valence-corrected chi connectivity index (χ4v) is 4.12. The van der Waals surface area contributed by atoms with E-state index in [9.17, 15) is 87.8 Å². The largest absolute Gasteiger partial charge is 0.461 e. The first-order chi connectivity index (χ1) is 35.1. The second kappa shape index (κ2) is 24.6. The fourth-order valence-electron chi connectivity index (χ4n) is 4.12. The molecule has 0 aliphatic heterocycles. The highest BCUT2D eigenvalue weighted by Crippen LogP contribution is 2.50. The summed E-state index contributed by atoms with van der Waals surface area (Å²) in [6, 6.07) is 0. The summed E-state index contributed by atoms with van der Waals surface area (Å²) in [7, 11) is 9.35. The van der Waals surface area contributed by atoms with Gasteiger partial charge in [0.2, 0.25) is 5.82 Å². The van der Waals surface area contributed by atoms with E-state index in [-0.39, 0.29) is 5.41 Å². The molecule has 0 bridgehead atoms. The van der Waals surface area contributed by atoms with Crippen LogP contribution in [0.4, 0.5) is 87.8 Å². The van der Waals surface area contributed by atoms with E-state index in [1.165, 1.54) is 36.5 Å². The molecule has 0 saturated heterocycles. The molecule has 1 aliphatic rings. The molecule has 1 fully saturated rings. The Labute approximate surface area is 419 Å². The molecule has 8 rings (SSSR count). The van der Waals surface area contributed by atoms with Gasteiger partial charge in [0.15, 0.2) is 11.6 Å². The molecule has 7 aromatic heterocycles. The zero-order chi connectivity index (χ0) is 60.4. The van der Waals surface area contributed by atoms with E-state index in [4.69, 9.17) is 0 Å². The van der Waals surface area contributed by atoms with Gasteiger partial charge in [-0.05, 0) is 59.8 Å². The summed E-state index contributed by atoms with van der Waals surface area (Å²) >= 11 is 0. The standard InChI is InChI=1S/C6H12N4.C5H3F7N4.C5H8N4.C4H3F5N4.C4H6F2N4.2C3H3F3N4/c1-6(2,3)5-7-9-10(4)8-5;1-16-14-2(13-15-16)3(6,7)4(8,9)5(10,11)12;1-9-7-5(6-8-9)4-2-3-4;1-13-11-2(10-12-13)3(5,6)4(7,8)9;1-4(5,6)3-7-8-9-10(3)2;1-10-2(3(4,5)6)7-8-9-10;1-10-8-2(7-9-10)3(4,5)6/h1-4H3;1H3;4H,2-3H2,1H3;1H3;1-2H3;2*1H3. The van der Waals surface area contributed by atoms with Gasteiger partial charge in [-0.15, -0.1) is 61.2 Å². The van der Waals surface area contributed by atoms with Crippen LogP contribution in [0.1, 0.15) is 87.2 Å². The Bertz CT molecular complexity index is 2780. The maximum absolute atomic E-state index is 12.8. The van der Waals surface area contributed by atoms with Crippen molar-refractivity contribution >= 4 is 0 Å². The van der Waals surface area contributed by atoms with Crippen LogP contribution in [0.2, 0.25) is 0 Å². The Balaban J connectivity index is 0.000000314. The molecule has 0 amide bonds. The summed E-state index contributed by atoms with van der Waals surface area (Å²) in [5, 5.41) is 66.3. The van der Waals surface area contributed by atoms with Gasteiger partial charge in [-0.2, -0.15) is 112 Å². The topological polar surface area (TPSA) is 305 Å². The number of tetrazole rings is 7. The minimum absolute atomic E-state index is 0.00819. The normalized spacial score (nSPS) is 13.4. The molecular formula is C30H38F20N28. The van der Waals surface area contributed by atoms with E-state index < -0.39 is 77.5 Å². The maximum Gasteiger partial charge on any atom is 0.461 e. The molecule has 7 aromatic rings. The van der Waals surface area contributed by atoms with Crippen LogP contribution < -0.4 is 0 Å². The highest BCUT2D eigenvalue weighted by molar-refractivity contribution is 5.03. The van der Waals surface area contributed by atoms with Crippen molar-refractivity contribution in [3.63, 3.8) is 0 Å². The predicted molar refractivity (Wildman–Crippen MR) is 207 cm³/mol. The van der Waals surface area contributed by atoms with E-state index >= 15 is 0 Å². The minimum Gasteiger partial charge on any atom is -0.227 e. The Morgan fingerprint density at radius 2 is 0.705 bits per heavy atom. The molecular weight excluding hydrogens is 1130 g/mol. The van der Waals surface area contributed by atoms with Crippen LogP contribution in [0.15, 0.2) is 0 Å². The van der Waals surface area contributed by atoms with Crippen LogP contribution in [0.3, 0.4) is 0 Å². The molecule has 28 nitrogen and oxygen atoms in total. The van der Waals surface area contributed by atoms with Crippen LogP contribution in [0, 0.1) is 0 Å². The first-order valence-electron chi connectivity index (χ1n) is 20.1. The average molecular weight is 1170 g/mol. The van der Waals surface area contributed by atoms with E-state index in [0.717, 1.165) is 49.2 Å². The Kier molecular flexibility index (Phi) is 20.9. The van der Waals surface area contributed by atoms with Crippen molar-refractivity contribution in [1.29, 1.82) is 0 Å². The van der Waals surface area contributed by atoms with E-state index in [1.54, 1.807) is 14.1 Å². The number of halogens is 20. The molecule has 0 unspecified atom stereocenters. The summed E-state index contributed by atoms with van der Waals surface area (Å²) in [6.45, 7) is 6.93. The molecule has 0 spiro atoms. The van der Waals surface area contributed by atoms with Gasteiger partial charge in [-0.1, -0.05) is 20.8 Å². The molecule has 78 heavy (non-hydrogen) atoms. The van der Waals surface area contributed by atoms with Crippen LogP contribution in [0.25, 0.3) is 0 Å². The second-order valence-corrected chi connectivity index (χ2v) is 15.9. The monoisotopic (exact) mass is 1170 g/mol. The third kappa shape index (κ3) is 19.0. The SMILES string of the molecule is Cn1nnc(C(C)(C)C)n1.Cn1nnc(C(F)(F)C(F)(F)C(F)(F)F)n1.Cn1nnc(C(F)(F)C(F)(F)F)n1.Cn1nnc(C(F)(F)F)n1.Cn1nnc(C2CC2)n1.Cn1nnnc1C(C)(F)F.Cn1nnnc1C(F)(F)F. The number of alkyl halides is 20. The Morgan fingerprint density at radius 3 is 0.910 bits per heavy atom. The van der Waals surface area contributed by atoms with Gasteiger partial charge < -0.3 is 0 Å². The van der Waals surface area contributed by atoms with Gasteiger partial charge in [-0.25, -0.2) is 9.36 Å². The van der Waals surface area contributed by atoms with Crippen molar-refractivity contribution in [3.05, 3.63) is 40.8 Å². The highest BCUT2D eigenvalue weighted by Gasteiger charge is 2.75. The van der Waals surface area contributed by atoms with Crippen LogP contribution in [-0.4, -0.2) is 160 Å². The van der Waals surface area contributed by atoms with Crippen molar-refractivity contribution < 1.29 is 87.8 Å². The number of rotatable bonds is 5. The Hall–Kier alpha value is -7.91. The third-order valence-electron chi connectivity index (χ3n) is 7.98. The average Bonchev–Trinajstić information content (AvgIpc) is 4.05. The lowest BCUT2D eigenvalue weighted by molar-refractivity contribution is -0.361. The van der Waals surface area contributed by atoms with Gasteiger partial charge in [0, 0.05) is 32.4 Å².